The molecule has 0 aliphatic carbocycles. The van der Waals surface area contributed by atoms with Crippen molar-refractivity contribution < 1.29 is 13.9 Å². The number of nitrogens with one attached hydrogen (secondary N) is 1. The van der Waals surface area contributed by atoms with Crippen molar-refractivity contribution in [3.05, 3.63) is 23.9 Å². The molecule has 0 unspecified atom stereocenters. The van der Waals surface area contributed by atoms with Crippen molar-refractivity contribution >= 4 is 23.4 Å². The number of hydrogen-bond donors (Lipinski definition) is 1. The lowest BCUT2D eigenvalue weighted by Crippen LogP contribution is -2.45. The van der Waals surface area contributed by atoms with Crippen molar-refractivity contribution in [1.82, 2.24) is 24.8 Å². The van der Waals surface area contributed by atoms with Gasteiger partial charge in [-0.25, -0.2) is 18.7 Å². The third-order valence-corrected chi connectivity index (χ3v) is 5.16. The third-order valence-electron chi connectivity index (χ3n) is 4.48. The number of ether oxygens (including phenoxy) is 1. The summed E-state index contributed by atoms with van der Waals surface area (Å²) in [5, 5.41) is 7.80. The Morgan fingerprint density at radius 3 is 2.74 bits per heavy atom. The summed E-state index contributed by atoms with van der Waals surface area (Å²) in [5.74, 6) is -0.264. The summed E-state index contributed by atoms with van der Waals surface area (Å²) in [4.78, 5) is 18.4. The van der Waals surface area contributed by atoms with Gasteiger partial charge in [0.25, 0.3) is 0 Å². The first-order valence-electron chi connectivity index (χ1n) is 9.03. The highest BCUT2D eigenvalue weighted by Gasteiger charge is 2.25. The van der Waals surface area contributed by atoms with E-state index in [4.69, 9.17) is 4.74 Å². The Balaban J connectivity index is 1.61. The van der Waals surface area contributed by atoms with Gasteiger partial charge in [0.2, 0.25) is 0 Å². The molecule has 0 radical (unpaired) electrons. The standard InChI is InChI=1S/C18H26FN5O2S/c1-18(2,3)26-17(25)22-12-5-7-23(8-6-12)9-13-14(19)10-24-15(13)16(27-4)20-11-21-24/h10-12H,5-9H2,1-4H3,(H,22,25). The van der Waals surface area contributed by atoms with E-state index in [1.54, 1.807) is 4.52 Å². The Bertz CT molecular complexity index is 812. The fourth-order valence-corrected chi connectivity index (χ4v) is 3.81. The van der Waals surface area contributed by atoms with Crippen molar-refractivity contribution in [1.29, 1.82) is 0 Å². The third kappa shape index (κ3) is 4.90. The van der Waals surface area contributed by atoms with Gasteiger partial charge in [-0.3, -0.25) is 4.90 Å². The van der Waals surface area contributed by atoms with Crippen LogP contribution < -0.4 is 5.32 Å². The SMILES string of the molecule is CSc1ncnn2cc(F)c(CN3CCC(NC(=O)OC(C)(C)C)CC3)c12. The van der Waals surface area contributed by atoms with Crippen LogP contribution in [0, 0.1) is 5.82 Å². The number of alkyl carbamates (subject to hydrolysis) is 1. The van der Waals surface area contributed by atoms with Gasteiger partial charge < -0.3 is 10.1 Å². The van der Waals surface area contributed by atoms with E-state index in [0.29, 0.717) is 12.1 Å². The molecule has 1 aliphatic heterocycles. The lowest BCUT2D eigenvalue weighted by molar-refractivity contribution is 0.0477. The fraction of sp³-hybridized carbons (Fsp3) is 0.611. The summed E-state index contributed by atoms with van der Waals surface area (Å²) < 4.78 is 21.3. The minimum absolute atomic E-state index is 0.0804. The number of piperidine rings is 1. The van der Waals surface area contributed by atoms with E-state index in [0.717, 1.165) is 36.5 Å². The van der Waals surface area contributed by atoms with Crippen molar-refractivity contribution in [2.75, 3.05) is 19.3 Å². The van der Waals surface area contributed by atoms with Gasteiger partial charge in [-0.05, 0) is 39.9 Å². The topological polar surface area (TPSA) is 71.8 Å². The van der Waals surface area contributed by atoms with Crippen LogP contribution >= 0.6 is 11.8 Å². The molecule has 1 aliphatic rings. The Kier molecular flexibility index (Phi) is 5.90. The maximum absolute atomic E-state index is 14.5. The zero-order valence-electron chi connectivity index (χ0n) is 16.2. The van der Waals surface area contributed by atoms with Crippen LogP contribution in [0.5, 0.6) is 0 Å². The van der Waals surface area contributed by atoms with Crippen LogP contribution in [0.4, 0.5) is 9.18 Å². The Labute approximate surface area is 162 Å². The highest BCUT2D eigenvalue weighted by molar-refractivity contribution is 7.98. The average Bonchev–Trinajstić information content (AvgIpc) is 2.90. The molecule has 3 heterocycles. The van der Waals surface area contributed by atoms with E-state index >= 15 is 0 Å². The zero-order valence-corrected chi connectivity index (χ0v) is 17.0. The van der Waals surface area contributed by atoms with Crippen molar-refractivity contribution in [2.24, 2.45) is 0 Å². The Hall–Kier alpha value is -1.87. The Morgan fingerprint density at radius 1 is 1.41 bits per heavy atom. The van der Waals surface area contributed by atoms with Gasteiger partial charge in [0.15, 0.2) is 0 Å². The number of hydrogen-bond acceptors (Lipinski definition) is 6. The van der Waals surface area contributed by atoms with Crippen LogP contribution in [0.3, 0.4) is 0 Å². The first-order valence-corrected chi connectivity index (χ1v) is 10.3. The molecule has 2 aromatic heterocycles. The number of rotatable bonds is 4. The molecule has 1 fully saturated rings. The van der Waals surface area contributed by atoms with Crippen LogP contribution in [-0.2, 0) is 11.3 Å². The van der Waals surface area contributed by atoms with Gasteiger partial charge in [-0.1, -0.05) is 0 Å². The first kappa shape index (κ1) is 19.9. The monoisotopic (exact) mass is 395 g/mol. The van der Waals surface area contributed by atoms with E-state index in [1.165, 1.54) is 24.3 Å². The van der Waals surface area contributed by atoms with E-state index in [9.17, 15) is 9.18 Å². The predicted molar refractivity (Wildman–Crippen MR) is 102 cm³/mol. The molecule has 1 N–H and O–H groups in total. The second kappa shape index (κ2) is 8.02. The van der Waals surface area contributed by atoms with Gasteiger partial charge in [0, 0.05) is 31.2 Å². The van der Waals surface area contributed by atoms with Gasteiger partial charge in [0.1, 0.15) is 28.3 Å². The molecule has 0 saturated carbocycles. The average molecular weight is 396 g/mol. The van der Waals surface area contributed by atoms with Crippen LogP contribution in [0.15, 0.2) is 17.6 Å². The molecule has 148 valence electrons. The van der Waals surface area contributed by atoms with Gasteiger partial charge in [-0.2, -0.15) is 5.10 Å². The number of halogens is 1. The maximum Gasteiger partial charge on any atom is 0.407 e. The number of aromatic nitrogens is 3. The van der Waals surface area contributed by atoms with Crippen molar-refractivity contribution in [3.8, 4) is 0 Å². The molecule has 27 heavy (non-hydrogen) atoms. The highest BCUT2D eigenvalue weighted by Crippen LogP contribution is 2.27. The molecule has 2 aromatic rings. The number of carbonyl (C=O) groups is 1. The van der Waals surface area contributed by atoms with Gasteiger partial charge in [0.05, 0.1) is 6.20 Å². The molecule has 1 saturated heterocycles. The minimum atomic E-state index is -0.504. The fourth-order valence-electron chi connectivity index (χ4n) is 3.25. The van der Waals surface area contributed by atoms with E-state index in [1.807, 2.05) is 27.0 Å². The number of amides is 1. The number of carbonyl (C=O) groups excluding carboxylic acids is 1. The van der Waals surface area contributed by atoms with Crippen LogP contribution in [0.2, 0.25) is 0 Å². The molecule has 1 amide bonds. The van der Waals surface area contributed by atoms with E-state index < -0.39 is 5.60 Å². The summed E-state index contributed by atoms with van der Waals surface area (Å²) in [5.41, 5.74) is 0.852. The summed E-state index contributed by atoms with van der Waals surface area (Å²) in [6.07, 6.45) is 5.99. The molecular formula is C18H26FN5O2S. The van der Waals surface area contributed by atoms with Crippen molar-refractivity contribution in [2.45, 2.75) is 56.8 Å². The first-order chi connectivity index (χ1) is 12.8. The smallest absolute Gasteiger partial charge is 0.407 e. The second-order valence-electron chi connectivity index (χ2n) is 7.71. The maximum atomic E-state index is 14.5. The van der Waals surface area contributed by atoms with Gasteiger partial charge >= 0.3 is 6.09 Å². The lowest BCUT2D eigenvalue weighted by Gasteiger charge is -2.32. The number of nitrogens with zero attached hydrogens (tertiary/aromatic N) is 4. The zero-order chi connectivity index (χ0) is 19.6. The number of thioether (sulfide) groups is 1. The summed E-state index contributed by atoms with van der Waals surface area (Å²) in [6.45, 7) is 7.59. The summed E-state index contributed by atoms with van der Waals surface area (Å²) in [7, 11) is 0. The predicted octanol–water partition coefficient (Wildman–Crippen LogP) is 3.08. The van der Waals surface area contributed by atoms with Crippen LogP contribution in [0.1, 0.15) is 39.2 Å². The second-order valence-corrected chi connectivity index (χ2v) is 8.51. The molecule has 0 bridgehead atoms. The highest BCUT2D eigenvalue weighted by atomic mass is 32.2. The number of likely N-dealkylation sites (tertiary alicyclic amines) is 1. The minimum Gasteiger partial charge on any atom is -0.444 e. The van der Waals surface area contributed by atoms with Crippen molar-refractivity contribution in [3.63, 3.8) is 0 Å². The summed E-state index contributed by atoms with van der Waals surface area (Å²) >= 11 is 1.48. The normalized spacial score (nSPS) is 16.6. The van der Waals surface area contributed by atoms with E-state index in [-0.39, 0.29) is 18.0 Å². The van der Waals surface area contributed by atoms with Gasteiger partial charge in [-0.15, -0.1) is 11.8 Å². The molecule has 0 atom stereocenters. The Morgan fingerprint density at radius 2 is 2.11 bits per heavy atom. The molecule has 3 rings (SSSR count). The van der Waals surface area contributed by atoms with E-state index in [2.05, 4.69) is 20.3 Å². The van der Waals surface area contributed by atoms with Crippen LogP contribution in [0.25, 0.3) is 5.52 Å². The summed E-state index contributed by atoms with van der Waals surface area (Å²) in [6, 6.07) is 0.0804. The quantitative estimate of drug-likeness (QED) is 0.802. The molecule has 0 aromatic carbocycles. The lowest BCUT2D eigenvalue weighted by atomic mass is 10.0. The number of fused-ring (bicyclic) bond motifs is 1. The van der Waals surface area contributed by atoms with Crippen LogP contribution in [-0.4, -0.2) is 56.6 Å². The molecule has 7 nitrogen and oxygen atoms in total. The molecule has 0 spiro atoms. The largest absolute Gasteiger partial charge is 0.444 e. The molecule has 9 heteroatoms. The molecular weight excluding hydrogens is 369 g/mol.